The predicted molar refractivity (Wildman–Crippen MR) is 171 cm³/mol. The number of benzene rings is 3. The van der Waals surface area contributed by atoms with E-state index in [1.165, 1.54) is 48.9 Å². The van der Waals surface area contributed by atoms with Gasteiger partial charge in [-0.3, -0.25) is 14.6 Å². The number of carbonyl (C=O) groups excluding carboxylic acids is 2. The monoisotopic (exact) mass is 658 g/mol. The first kappa shape index (κ1) is 32.1. The van der Waals surface area contributed by atoms with E-state index in [-0.39, 0.29) is 45.4 Å². The molecule has 1 aliphatic carbocycles. The number of para-hydroxylation sites is 1. The SMILES string of the molecule is O=C(NCC(=O)N(C1CCCCC1)N1CCCCC1)c1ccc(S(=O)(=O)N(Oc2ccc(Cl)cc2Cl)c2ccccc2)cc1. The standard InChI is InChI=1S/C32H36Cl2N4O5S/c33-25-16-19-30(29(34)22-25)43-38(27-12-6-2-7-13-27)44(41,42)28-17-14-24(15-18-28)32(40)35-23-31(39)37(26-10-4-1-5-11-26)36-20-8-3-9-21-36/h2,6-7,12-19,22,26H,1,3-5,8-11,20-21,23H2,(H,35,40). The van der Waals surface area contributed by atoms with Crippen LogP contribution < -0.4 is 14.6 Å². The molecule has 0 aromatic heterocycles. The smallest absolute Gasteiger partial charge is 0.295 e. The molecule has 1 aliphatic heterocycles. The van der Waals surface area contributed by atoms with Crippen LogP contribution in [-0.4, -0.2) is 55.9 Å². The quantitative estimate of drug-likeness (QED) is 0.251. The van der Waals surface area contributed by atoms with Gasteiger partial charge in [0.15, 0.2) is 5.75 Å². The van der Waals surface area contributed by atoms with E-state index in [0.29, 0.717) is 5.02 Å². The molecule has 3 aromatic carbocycles. The highest BCUT2D eigenvalue weighted by Gasteiger charge is 2.32. The van der Waals surface area contributed by atoms with Crippen molar-refractivity contribution in [2.24, 2.45) is 0 Å². The van der Waals surface area contributed by atoms with Gasteiger partial charge in [-0.2, -0.15) is 8.42 Å². The summed E-state index contributed by atoms with van der Waals surface area (Å²) in [7, 11) is -4.26. The van der Waals surface area contributed by atoms with Crippen LogP contribution in [0.1, 0.15) is 61.7 Å². The molecule has 9 nitrogen and oxygen atoms in total. The lowest BCUT2D eigenvalue weighted by Crippen LogP contribution is -2.56. The van der Waals surface area contributed by atoms with E-state index in [9.17, 15) is 18.0 Å². The van der Waals surface area contributed by atoms with Crippen LogP contribution in [0.2, 0.25) is 10.0 Å². The van der Waals surface area contributed by atoms with Gasteiger partial charge in [0.05, 0.1) is 22.2 Å². The number of carbonyl (C=O) groups is 2. The number of nitrogens with zero attached hydrogens (tertiary/aromatic N) is 3. The Morgan fingerprint density at radius 2 is 1.52 bits per heavy atom. The Kier molecular flexibility index (Phi) is 10.7. The van der Waals surface area contributed by atoms with Crippen molar-refractivity contribution in [2.75, 3.05) is 24.1 Å². The molecule has 0 atom stereocenters. The van der Waals surface area contributed by atoms with Crippen LogP contribution >= 0.6 is 23.2 Å². The first-order valence-electron chi connectivity index (χ1n) is 14.9. The Bertz CT molecular complexity index is 1530. The predicted octanol–water partition coefficient (Wildman–Crippen LogP) is 6.47. The number of hydrazine groups is 1. The fourth-order valence-electron chi connectivity index (χ4n) is 5.65. The Morgan fingerprint density at radius 3 is 2.18 bits per heavy atom. The third-order valence-electron chi connectivity index (χ3n) is 7.89. The molecular formula is C32H36Cl2N4O5S. The maximum Gasteiger partial charge on any atom is 0.295 e. The van der Waals surface area contributed by atoms with Crippen molar-refractivity contribution >= 4 is 50.7 Å². The molecule has 1 saturated heterocycles. The van der Waals surface area contributed by atoms with Crippen molar-refractivity contribution in [3.63, 3.8) is 0 Å². The number of halogens is 2. The zero-order valence-corrected chi connectivity index (χ0v) is 26.7. The molecule has 0 spiro atoms. The fraction of sp³-hybridized carbons (Fsp3) is 0.375. The summed E-state index contributed by atoms with van der Waals surface area (Å²) in [4.78, 5) is 32.2. The fourth-order valence-corrected chi connectivity index (χ4v) is 7.34. The lowest BCUT2D eigenvalue weighted by Gasteiger charge is -2.43. The van der Waals surface area contributed by atoms with E-state index in [2.05, 4.69) is 10.3 Å². The number of amides is 2. The maximum absolute atomic E-state index is 13.8. The van der Waals surface area contributed by atoms with Gasteiger partial charge < -0.3 is 10.2 Å². The van der Waals surface area contributed by atoms with E-state index in [0.717, 1.165) is 62.5 Å². The first-order valence-corrected chi connectivity index (χ1v) is 17.1. The molecule has 0 unspecified atom stereocenters. The van der Waals surface area contributed by atoms with Gasteiger partial charge in [-0.05, 0) is 80.3 Å². The summed E-state index contributed by atoms with van der Waals surface area (Å²) in [6, 6.07) is 18.4. The van der Waals surface area contributed by atoms with Gasteiger partial charge in [-0.15, -0.1) is 0 Å². The largest absolute Gasteiger partial charge is 0.363 e. The van der Waals surface area contributed by atoms with E-state index in [4.69, 9.17) is 28.0 Å². The van der Waals surface area contributed by atoms with Gasteiger partial charge in [-0.25, -0.2) is 5.01 Å². The van der Waals surface area contributed by atoms with E-state index in [1.54, 1.807) is 30.3 Å². The molecule has 44 heavy (non-hydrogen) atoms. The molecule has 12 heteroatoms. The van der Waals surface area contributed by atoms with Crippen molar-refractivity contribution in [1.82, 2.24) is 15.3 Å². The number of rotatable bonds is 10. The molecule has 1 heterocycles. The maximum atomic E-state index is 13.8. The average Bonchev–Trinajstić information content (AvgIpc) is 3.05. The third-order valence-corrected chi connectivity index (χ3v) is 10.0. The van der Waals surface area contributed by atoms with Crippen LogP contribution in [0.4, 0.5) is 5.69 Å². The van der Waals surface area contributed by atoms with Crippen LogP contribution in [0.5, 0.6) is 5.75 Å². The lowest BCUT2D eigenvalue weighted by molar-refractivity contribution is -0.158. The van der Waals surface area contributed by atoms with Crippen LogP contribution in [0.15, 0.2) is 77.7 Å². The number of nitrogens with one attached hydrogen (secondary N) is 1. The average molecular weight is 660 g/mol. The van der Waals surface area contributed by atoms with Crippen LogP contribution in [0, 0.1) is 0 Å². The van der Waals surface area contributed by atoms with Crippen molar-refractivity contribution in [2.45, 2.75) is 62.3 Å². The van der Waals surface area contributed by atoms with E-state index < -0.39 is 15.9 Å². The zero-order valence-electron chi connectivity index (χ0n) is 24.3. The number of hydrogen-bond donors (Lipinski definition) is 1. The molecule has 2 fully saturated rings. The van der Waals surface area contributed by atoms with E-state index >= 15 is 0 Å². The summed E-state index contributed by atoms with van der Waals surface area (Å²) >= 11 is 12.3. The van der Waals surface area contributed by atoms with Crippen molar-refractivity contribution < 1.29 is 22.8 Å². The van der Waals surface area contributed by atoms with Crippen LogP contribution in [-0.2, 0) is 14.8 Å². The number of sulfonamides is 1. The normalized spacial score (nSPS) is 16.2. The third kappa shape index (κ3) is 7.66. The van der Waals surface area contributed by atoms with Gasteiger partial charge in [0.2, 0.25) is 0 Å². The Balaban J connectivity index is 1.29. The summed E-state index contributed by atoms with van der Waals surface area (Å²) in [6.45, 7) is 1.56. The second kappa shape index (κ2) is 14.6. The number of piperidine rings is 1. The van der Waals surface area contributed by atoms with Crippen molar-refractivity contribution in [3.8, 4) is 5.75 Å². The van der Waals surface area contributed by atoms with Crippen LogP contribution in [0.3, 0.4) is 0 Å². The summed E-state index contributed by atoms with van der Waals surface area (Å²) in [6.07, 6.45) is 8.60. The molecule has 234 valence electrons. The second-order valence-electron chi connectivity index (χ2n) is 11.0. The minimum Gasteiger partial charge on any atom is -0.363 e. The molecule has 2 amide bonds. The molecule has 1 saturated carbocycles. The zero-order chi connectivity index (χ0) is 31.1. The Hall–Kier alpha value is -3.31. The second-order valence-corrected chi connectivity index (χ2v) is 13.6. The van der Waals surface area contributed by atoms with Crippen LogP contribution in [0.25, 0.3) is 0 Å². The highest BCUT2D eigenvalue weighted by Crippen LogP contribution is 2.32. The summed E-state index contributed by atoms with van der Waals surface area (Å²) in [5, 5.41) is 7.31. The summed E-state index contributed by atoms with van der Waals surface area (Å²) in [5.41, 5.74) is 0.474. The van der Waals surface area contributed by atoms with Gasteiger partial charge in [-0.1, -0.05) is 71.6 Å². The Labute approximate surface area is 268 Å². The molecule has 0 radical (unpaired) electrons. The summed E-state index contributed by atoms with van der Waals surface area (Å²) in [5.74, 6) is -0.493. The van der Waals surface area contributed by atoms with Gasteiger partial charge in [0.1, 0.15) is 0 Å². The van der Waals surface area contributed by atoms with E-state index in [1.807, 2.05) is 5.01 Å². The van der Waals surface area contributed by atoms with Gasteiger partial charge in [0, 0.05) is 29.7 Å². The lowest BCUT2D eigenvalue weighted by atomic mass is 9.94. The highest BCUT2D eigenvalue weighted by molar-refractivity contribution is 7.92. The van der Waals surface area contributed by atoms with Crippen molar-refractivity contribution in [3.05, 3.63) is 88.4 Å². The topological polar surface area (TPSA) is 99.3 Å². The first-order chi connectivity index (χ1) is 21.2. The molecule has 5 rings (SSSR count). The molecule has 0 bridgehead atoms. The van der Waals surface area contributed by atoms with Gasteiger partial charge >= 0.3 is 0 Å². The minimum absolute atomic E-state index is 0.0935. The van der Waals surface area contributed by atoms with Gasteiger partial charge in [0.25, 0.3) is 21.8 Å². The summed E-state index contributed by atoms with van der Waals surface area (Å²) < 4.78 is 28.3. The Morgan fingerprint density at radius 1 is 0.864 bits per heavy atom. The number of hydrogen-bond acceptors (Lipinski definition) is 6. The number of anilines is 1. The molecular weight excluding hydrogens is 623 g/mol. The molecule has 3 aromatic rings. The minimum atomic E-state index is -4.26. The van der Waals surface area contributed by atoms with Crippen molar-refractivity contribution in [1.29, 1.82) is 0 Å². The highest BCUT2D eigenvalue weighted by atomic mass is 35.5. The molecule has 2 aliphatic rings. The molecule has 1 N–H and O–H groups in total.